The number of piperidine rings is 1. The van der Waals surface area contributed by atoms with Crippen LogP contribution >= 0.6 is 0 Å². The number of ether oxygens (including phenoxy) is 2. The molecule has 4 heteroatoms. The molecule has 4 nitrogen and oxygen atoms in total. The van der Waals surface area contributed by atoms with Crippen molar-refractivity contribution >= 4 is 0 Å². The Morgan fingerprint density at radius 1 is 1.24 bits per heavy atom. The summed E-state index contributed by atoms with van der Waals surface area (Å²) in [5, 5.41) is 3.62. The van der Waals surface area contributed by atoms with Gasteiger partial charge in [-0.25, -0.2) is 0 Å². The van der Waals surface area contributed by atoms with Gasteiger partial charge in [-0.05, 0) is 32.0 Å². The van der Waals surface area contributed by atoms with Crippen LogP contribution in [0.2, 0.25) is 0 Å². The molecule has 0 saturated carbocycles. The first-order chi connectivity index (χ1) is 10.3. The molecule has 21 heavy (non-hydrogen) atoms. The molecule has 1 unspecified atom stereocenters. The minimum atomic E-state index is 0.621. The van der Waals surface area contributed by atoms with E-state index in [1.807, 2.05) is 12.1 Å². The number of likely N-dealkylation sites (N-methyl/N-ethyl adjacent to an activating group) is 1. The van der Waals surface area contributed by atoms with E-state index in [2.05, 4.69) is 23.2 Å². The third-order valence-corrected chi connectivity index (χ3v) is 4.22. The Hall–Kier alpha value is -1.26. The van der Waals surface area contributed by atoms with E-state index in [9.17, 15) is 0 Å². The second-order valence-corrected chi connectivity index (χ2v) is 5.63. The lowest BCUT2D eigenvalue weighted by Crippen LogP contribution is -2.43. The number of nitrogens with one attached hydrogen (secondary N) is 1. The van der Waals surface area contributed by atoms with E-state index >= 15 is 0 Å². The molecule has 1 heterocycles. The summed E-state index contributed by atoms with van der Waals surface area (Å²) in [6, 6.07) is 6.72. The van der Waals surface area contributed by atoms with E-state index in [1.54, 1.807) is 14.2 Å². The summed E-state index contributed by atoms with van der Waals surface area (Å²) in [5.74, 6) is 1.66. The molecule has 1 fully saturated rings. The maximum absolute atomic E-state index is 5.54. The van der Waals surface area contributed by atoms with Crippen LogP contribution in [0.15, 0.2) is 18.2 Å². The first kappa shape index (κ1) is 16.1. The number of nitrogens with zero attached hydrogens (tertiary/aromatic N) is 1. The lowest BCUT2D eigenvalue weighted by Gasteiger charge is -2.30. The molecule has 118 valence electrons. The number of benzene rings is 1. The van der Waals surface area contributed by atoms with Crippen LogP contribution in [0.5, 0.6) is 11.5 Å². The average molecular weight is 292 g/mol. The van der Waals surface area contributed by atoms with E-state index in [-0.39, 0.29) is 0 Å². The fraction of sp³-hybridized carbons (Fsp3) is 0.647. The second kappa shape index (κ2) is 8.25. The molecule has 1 aromatic carbocycles. The fourth-order valence-electron chi connectivity index (χ4n) is 3.02. The monoisotopic (exact) mass is 292 g/mol. The van der Waals surface area contributed by atoms with Gasteiger partial charge in [-0.1, -0.05) is 25.5 Å². The van der Waals surface area contributed by atoms with E-state index in [0.29, 0.717) is 6.04 Å². The Balaban J connectivity index is 2.03. The van der Waals surface area contributed by atoms with Crippen molar-refractivity contribution in [2.45, 2.75) is 38.8 Å². The van der Waals surface area contributed by atoms with Crippen molar-refractivity contribution in [1.82, 2.24) is 10.2 Å². The van der Waals surface area contributed by atoms with Gasteiger partial charge in [0.25, 0.3) is 0 Å². The van der Waals surface area contributed by atoms with Crippen LogP contribution < -0.4 is 14.8 Å². The lowest BCUT2D eigenvalue weighted by atomic mass is 10.0. The highest BCUT2D eigenvalue weighted by atomic mass is 16.5. The molecule has 1 saturated heterocycles. The van der Waals surface area contributed by atoms with Gasteiger partial charge >= 0.3 is 0 Å². The van der Waals surface area contributed by atoms with Gasteiger partial charge in [0, 0.05) is 24.7 Å². The number of rotatable bonds is 7. The molecule has 0 spiro atoms. The molecule has 1 aliphatic heterocycles. The molecule has 0 amide bonds. The topological polar surface area (TPSA) is 33.7 Å². The van der Waals surface area contributed by atoms with E-state index < -0.39 is 0 Å². The molecule has 1 aliphatic rings. The molecular formula is C17H28N2O2. The largest absolute Gasteiger partial charge is 0.493 e. The predicted molar refractivity (Wildman–Crippen MR) is 86.1 cm³/mol. The van der Waals surface area contributed by atoms with Gasteiger partial charge in [0.1, 0.15) is 0 Å². The second-order valence-electron chi connectivity index (χ2n) is 5.63. The molecule has 2 rings (SSSR count). The molecule has 1 aromatic rings. The molecule has 1 atom stereocenters. The smallest absolute Gasteiger partial charge is 0.165 e. The highest BCUT2D eigenvalue weighted by Crippen LogP contribution is 2.31. The maximum atomic E-state index is 5.54. The standard InChI is InChI=1S/C17H28N2O2/c1-4-19(13-15-9-5-6-11-18-15)12-14-8-7-10-16(20-2)17(14)21-3/h7-8,10,15,18H,4-6,9,11-13H2,1-3H3. The van der Waals surface area contributed by atoms with Crippen molar-refractivity contribution in [3.63, 3.8) is 0 Å². The Morgan fingerprint density at radius 3 is 2.71 bits per heavy atom. The van der Waals surface area contributed by atoms with Crippen LogP contribution in [0, 0.1) is 0 Å². The predicted octanol–water partition coefficient (Wildman–Crippen LogP) is 2.67. The normalized spacial score (nSPS) is 18.8. The zero-order valence-corrected chi connectivity index (χ0v) is 13.5. The summed E-state index contributed by atoms with van der Waals surface area (Å²) in [7, 11) is 3.39. The van der Waals surface area contributed by atoms with Crippen LogP contribution in [0.3, 0.4) is 0 Å². The van der Waals surface area contributed by atoms with Crippen molar-refractivity contribution in [1.29, 1.82) is 0 Å². The summed E-state index contributed by atoms with van der Waals surface area (Å²) >= 11 is 0. The van der Waals surface area contributed by atoms with Crippen LogP contribution in [-0.4, -0.2) is 44.8 Å². The van der Waals surface area contributed by atoms with Gasteiger partial charge in [0.2, 0.25) is 0 Å². The first-order valence-corrected chi connectivity index (χ1v) is 7.94. The number of methoxy groups -OCH3 is 2. The SMILES string of the molecule is CCN(Cc1cccc(OC)c1OC)CC1CCCCN1. The molecular weight excluding hydrogens is 264 g/mol. The van der Waals surface area contributed by atoms with Crippen molar-refractivity contribution in [3.05, 3.63) is 23.8 Å². The van der Waals surface area contributed by atoms with E-state index in [0.717, 1.165) is 37.7 Å². The van der Waals surface area contributed by atoms with Crippen molar-refractivity contribution in [2.75, 3.05) is 33.9 Å². The van der Waals surface area contributed by atoms with Gasteiger partial charge in [0.15, 0.2) is 11.5 Å². The molecule has 0 aliphatic carbocycles. The van der Waals surface area contributed by atoms with Gasteiger partial charge in [-0.2, -0.15) is 0 Å². The van der Waals surface area contributed by atoms with Gasteiger partial charge in [0.05, 0.1) is 14.2 Å². The third-order valence-electron chi connectivity index (χ3n) is 4.22. The molecule has 0 bridgehead atoms. The van der Waals surface area contributed by atoms with Crippen LogP contribution in [0.25, 0.3) is 0 Å². The zero-order chi connectivity index (χ0) is 15.1. The fourth-order valence-corrected chi connectivity index (χ4v) is 3.02. The minimum absolute atomic E-state index is 0.621. The van der Waals surface area contributed by atoms with Crippen LogP contribution in [0.4, 0.5) is 0 Å². The highest BCUT2D eigenvalue weighted by molar-refractivity contribution is 5.46. The minimum Gasteiger partial charge on any atom is -0.493 e. The Kier molecular flexibility index (Phi) is 6.33. The number of hydrogen-bond donors (Lipinski definition) is 1. The lowest BCUT2D eigenvalue weighted by molar-refractivity contribution is 0.223. The Morgan fingerprint density at radius 2 is 2.10 bits per heavy atom. The zero-order valence-electron chi connectivity index (χ0n) is 13.5. The summed E-state index contributed by atoms with van der Waals surface area (Å²) in [6.45, 7) is 6.41. The van der Waals surface area contributed by atoms with Crippen LogP contribution in [-0.2, 0) is 6.54 Å². The summed E-state index contributed by atoms with van der Waals surface area (Å²) in [6.07, 6.45) is 3.94. The third kappa shape index (κ3) is 4.35. The molecule has 1 N–H and O–H groups in total. The maximum Gasteiger partial charge on any atom is 0.165 e. The number of hydrogen-bond acceptors (Lipinski definition) is 4. The van der Waals surface area contributed by atoms with E-state index in [1.165, 1.54) is 24.8 Å². The van der Waals surface area contributed by atoms with Gasteiger partial charge in [-0.3, -0.25) is 4.90 Å². The summed E-state index contributed by atoms with van der Waals surface area (Å²) < 4.78 is 10.9. The van der Waals surface area contributed by atoms with Crippen molar-refractivity contribution < 1.29 is 9.47 Å². The van der Waals surface area contributed by atoms with Crippen molar-refractivity contribution in [3.8, 4) is 11.5 Å². The summed E-state index contributed by atoms with van der Waals surface area (Å²) in [5.41, 5.74) is 1.19. The highest BCUT2D eigenvalue weighted by Gasteiger charge is 2.18. The van der Waals surface area contributed by atoms with E-state index in [4.69, 9.17) is 9.47 Å². The first-order valence-electron chi connectivity index (χ1n) is 7.94. The molecule has 0 aromatic heterocycles. The summed E-state index contributed by atoms with van der Waals surface area (Å²) in [4.78, 5) is 2.47. The quantitative estimate of drug-likeness (QED) is 0.838. The van der Waals surface area contributed by atoms with Crippen LogP contribution in [0.1, 0.15) is 31.7 Å². The average Bonchev–Trinajstić information content (AvgIpc) is 2.54. The number of para-hydroxylation sites is 1. The Bertz CT molecular complexity index is 431. The van der Waals surface area contributed by atoms with Gasteiger partial charge < -0.3 is 14.8 Å². The Labute approximate surface area is 128 Å². The van der Waals surface area contributed by atoms with Crippen molar-refractivity contribution in [2.24, 2.45) is 0 Å². The molecule has 0 radical (unpaired) electrons. The van der Waals surface area contributed by atoms with Gasteiger partial charge in [-0.15, -0.1) is 0 Å².